The molecule has 140 valence electrons. The van der Waals surface area contributed by atoms with E-state index in [-0.39, 0.29) is 6.04 Å². The summed E-state index contributed by atoms with van der Waals surface area (Å²) in [7, 11) is 3.34. The van der Waals surface area contributed by atoms with Gasteiger partial charge >= 0.3 is 0 Å². The first-order valence-electron chi connectivity index (χ1n) is 9.28. The van der Waals surface area contributed by atoms with Crippen molar-refractivity contribution in [1.29, 1.82) is 0 Å². The lowest BCUT2D eigenvalue weighted by Crippen LogP contribution is -2.24. The van der Waals surface area contributed by atoms with Crippen LogP contribution in [-0.2, 0) is 13.0 Å². The SMILES string of the molecule is COc1ccc(CNC2CCCc3c(-c4ccccc4)noc32)c(OC)c1. The summed E-state index contributed by atoms with van der Waals surface area (Å²) in [6, 6.07) is 16.3. The van der Waals surface area contributed by atoms with Crippen molar-refractivity contribution < 1.29 is 14.0 Å². The molecule has 3 aromatic rings. The second-order valence-electron chi connectivity index (χ2n) is 6.74. The summed E-state index contributed by atoms with van der Waals surface area (Å²) in [5.74, 6) is 2.58. The van der Waals surface area contributed by atoms with E-state index in [1.807, 2.05) is 36.4 Å². The second-order valence-corrected chi connectivity index (χ2v) is 6.74. The molecule has 1 aliphatic carbocycles. The summed E-state index contributed by atoms with van der Waals surface area (Å²) >= 11 is 0. The lowest BCUT2D eigenvalue weighted by molar-refractivity contribution is 0.312. The highest BCUT2D eigenvalue weighted by Gasteiger charge is 2.28. The molecule has 1 unspecified atom stereocenters. The van der Waals surface area contributed by atoms with E-state index in [1.54, 1.807) is 14.2 Å². The number of hydrogen-bond donors (Lipinski definition) is 1. The van der Waals surface area contributed by atoms with Gasteiger partial charge in [-0.3, -0.25) is 0 Å². The van der Waals surface area contributed by atoms with Crippen molar-refractivity contribution in [2.45, 2.75) is 31.8 Å². The maximum absolute atomic E-state index is 5.77. The minimum atomic E-state index is 0.158. The smallest absolute Gasteiger partial charge is 0.157 e. The van der Waals surface area contributed by atoms with E-state index >= 15 is 0 Å². The number of aromatic nitrogens is 1. The molecule has 0 saturated carbocycles. The summed E-state index contributed by atoms with van der Waals surface area (Å²) in [5, 5.41) is 7.99. The molecule has 0 saturated heterocycles. The van der Waals surface area contributed by atoms with E-state index in [2.05, 4.69) is 22.6 Å². The van der Waals surface area contributed by atoms with E-state index < -0.39 is 0 Å². The molecule has 0 spiro atoms. The molecule has 0 radical (unpaired) electrons. The Morgan fingerprint density at radius 1 is 1.11 bits per heavy atom. The Morgan fingerprint density at radius 3 is 2.74 bits per heavy atom. The summed E-state index contributed by atoms with van der Waals surface area (Å²) in [5.41, 5.74) is 4.40. The van der Waals surface area contributed by atoms with E-state index in [9.17, 15) is 0 Å². The fourth-order valence-electron chi connectivity index (χ4n) is 3.70. The van der Waals surface area contributed by atoms with Crippen LogP contribution in [0.1, 0.15) is 35.8 Å². The van der Waals surface area contributed by atoms with Crippen LogP contribution in [0.4, 0.5) is 0 Å². The van der Waals surface area contributed by atoms with Gasteiger partial charge in [0.1, 0.15) is 17.2 Å². The number of nitrogens with zero attached hydrogens (tertiary/aromatic N) is 1. The van der Waals surface area contributed by atoms with Crippen LogP contribution in [-0.4, -0.2) is 19.4 Å². The topological polar surface area (TPSA) is 56.5 Å². The van der Waals surface area contributed by atoms with Gasteiger partial charge in [0, 0.05) is 29.3 Å². The Hall–Kier alpha value is -2.79. The minimum Gasteiger partial charge on any atom is -0.497 e. The van der Waals surface area contributed by atoms with Gasteiger partial charge in [0.05, 0.1) is 20.3 Å². The predicted octanol–water partition coefficient (Wildman–Crippen LogP) is 4.53. The number of methoxy groups -OCH3 is 2. The van der Waals surface area contributed by atoms with Gasteiger partial charge < -0.3 is 19.3 Å². The van der Waals surface area contributed by atoms with Crippen LogP contribution in [0.3, 0.4) is 0 Å². The van der Waals surface area contributed by atoms with Crippen molar-refractivity contribution in [3.63, 3.8) is 0 Å². The van der Waals surface area contributed by atoms with Crippen LogP contribution in [0.15, 0.2) is 53.1 Å². The van der Waals surface area contributed by atoms with Gasteiger partial charge in [-0.2, -0.15) is 0 Å². The van der Waals surface area contributed by atoms with Gasteiger partial charge in [0.2, 0.25) is 0 Å². The Bertz CT molecular complexity index is 905. The highest BCUT2D eigenvalue weighted by Crippen LogP contribution is 2.36. The van der Waals surface area contributed by atoms with Gasteiger partial charge in [0.25, 0.3) is 0 Å². The average Bonchev–Trinajstić information content (AvgIpc) is 3.17. The average molecular weight is 364 g/mol. The molecule has 1 aliphatic rings. The fourth-order valence-corrected chi connectivity index (χ4v) is 3.70. The van der Waals surface area contributed by atoms with E-state index in [1.165, 1.54) is 5.56 Å². The predicted molar refractivity (Wildman–Crippen MR) is 104 cm³/mol. The van der Waals surface area contributed by atoms with E-state index in [0.29, 0.717) is 6.54 Å². The van der Waals surface area contributed by atoms with Gasteiger partial charge in [-0.25, -0.2) is 0 Å². The molecule has 1 N–H and O–H groups in total. The second kappa shape index (κ2) is 7.84. The molecule has 0 fully saturated rings. The molecule has 5 heteroatoms. The summed E-state index contributed by atoms with van der Waals surface area (Å²) in [6.45, 7) is 0.693. The number of nitrogens with one attached hydrogen (secondary N) is 1. The van der Waals surface area contributed by atoms with Crippen LogP contribution in [0.5, 0.6) is 11.5 Å². The lowest BCUT2D eigenvalue weighted by Gasteiger charge is -2.22. The number of hydrogen-bond acceptors (Lipinski definition) is 5. The number of fused-ring (bicyclic) bond motifs is 1. The summed E-state index contributed by atoms with van der Waals surface area (Å²) in [4.78, 5) is 0. The third-order valence-corrected chi connectivity index (χ3v) is 5.14. The lowest BCUT2D eigenvalue weighted by atomic mass is 9.90. The van der Waals surface area contributed by atoms with Crippen LogP contribution in [0.2, 0.25) is 0 Å². The van der Waals surface area contributed by atoms with Gasteiger partial charge in [0.15, 0.2) is 5.76 Å². The van der Waals surface area contributed by atoms with Crippen molar-refractivity contribution >= 4 is 0 Å². The Morgan fingerprint density at radius 2 is 1.96 bits per heavy atom. The van der Waals surface area contributed by atoms with E-state index in [4.69, 9.17) is 14.0 Å². The van der Waals surface area contributed by atoms with Gasteiger partial charge in [-0.05, 0) is 25.3 Å². The van der Waals surface area contributed by atoms with E-state index in [0.717, 1.165) is 53.3 Å². The normalized spacial score (nSPS) is 16.0. The number of rotatable bonds is 6. The van der Waals surface area contributed by atoms with Crippen LogP contribution in [0.25, 0.3) is 11.3 Å². The Kier molecular flexibility index (Phi) is 5.12. The molecule has 5 nitrogen and oxygen atoms in total. The maximum atomic E-state index is 5.77. The Balaban J connectivity index is 1.54. The standard InChI is InChI=1S/C22H24N2O3/c1-25-17-12-11-16(20(13-17)26-2)14-23-19-10-6-9-18-21(24-27-22(18)19)15-7-4-3-5-8-15/h3-5,7-8,11-13,19,23H,6,9-10,14H2,1-2H3. The third kappa shape index (κ3) is 3.55. The zero-order chi connectivity index (χ0) is 18.6. The summed E-state index contributed by atoms with van der Waals surface area (Å²) in [6.07, 6.45) is 3.16. The quantitative estimate of drug-likeness (QED) is 0.697. The highest BCUT2D eigenvalue weighted by atomic mass is 16.5. The molecule has 1 atom stereocenters. The Labute approximate surface area is 159 Å². The molecule has 27 heavy (non-hydrogen) atoms. The largest absolute Gasteiger partial charge is 0.497 e. The van der Waals surface area contributed by atoms with Crippen LogP contribution >= 0.6 is 0 Å². The van der Waals surface area contributed by atoms with Crippen molar-refractivity contribution in [1.82, 2.24) is 10.5 Å². The van der Waals surface area contributed by atoms with Gasteiger partial charge in [-0.1, -0.05) is 41.6 Å². The minimum absolute atomic E-state index is 0.158. The molecule has 1 aromatic heterocycles. The molecule has 4 rings (SSSR count). The van der Waals surface area contributed by atoms with Crippen molar-refractivity contribution in [3.05, 3.63) is 65.4 Å². The van der Waals surface area contributed by atoms with Gasteiger partial charge in [-0.15, -0.1) is 0 Å². The zero-order valence-corrected chi connectivity index (χ0v) is 15.7. The zero-order valence-electron chi connectivity index (χ0n) is 15.7. The fraction of sp³-hybridized carbons (Fsp3) is 0.318. The van der Waals surface area contributed by atoms with Crippen molar-refractivity contribution in [3.8, 4) is 22.8 Å². The first-order chi connectivity index (χ1) is 13.3. The summed E-state index contributed by atoms with van der Waals surface area (Å²) < 4.78 is 16.5. The first-order valence-corrected chi connectivity index (χ1v) is 9.28. The monoisotopic (exact) mass is 364 g/mol. The molecule has 0 aliphatic heterocycles. The molecule has 1 heterocycles. The molecular formula is C22H24N2O3. The number of benzene rings is 2. The molecule has 0 amide bonds. The maximum Gasteiger partial charge on any atom is 0.157 e. The van der Waals surface area contributed by atoms with Crippen molar-refractivity contribution in [2.75, 3.05) is 14.2 Å². The third-order valence-electron chi connectivity index (χ3n) is 5.14. The van der Waals surface area contributed by atoms with Crippen molar-refractivity contribution in [2.24, 2.45) is 0 Å². The van der Waals surface area contributed by atoms with Crippen LogP contribution < -0.4 is 14.8 Å². The molecular weight excluding hydrogens is 340 g/mol. The highest BCUT2D eigenvalue weighted by molar-refractivity contribution is 5.63. The molecule has 0 bridgehead atoms. The first kappa shape index (κ1) is 17.6. The molecule has 2 aromatic carbocycles. The number of ether oxygens (including phenoxy) is 2. The van der Waals surface area contributed by atoms with Crippen LogP contribution in [0, 0.1) is 0 Å².